The molecule has 1 aromatic heterocycles. The summed E-state index contributed by atoms with van der Waals surface area (Å²) in [6.07, 6.45) is 0. The highest BCUT2D eigenvalue weighted by Crippen LogP contribution is 2.35. The fourth-order valence-electron chi connectivity index (χ4n) is 1.91. The topological polar surface area (TPSA) is 38.9 Å². The standard InChI is InChI=1S/C14H16BrFN2/c1-7-5-8(16)12(15)11-9(17)6-10(14(2,3)4)18-13(7)11/h5-6H,1-4H3,(H2,17,18). The third-order valence-corrected chi connectivity index (χ3v) is 3.74. The van der Waals surface area contributed by atoms with Gasteiger partial charge in [-0.3, -0.25) is 4.98 Å². The number of fused-ring (bicyclic) bond motifs is 1. The van der Waals surface area contributed by atoms with E-state index >= 15 is 0 Å². The first kappa shape index (κ1) is 13.3. The Morgan fingerprint density at radius 2 is 1.89 bits per heavy atom. The summed E-state index contributed by atoms with van der Waals surface area (Å²) in [6, 6.07) is 3.30. The molecule has 4 heteroatoms. The lowest BCUT2D eigenvalue weighted by atomic mass is 9.90. The number of benzene rings is 1. The van der Waals surface area contributed by atoms with Crippen LogP contribution in [0.25, 0.3) is 10.9 Å². The summed E-state index contributed by atoms with van der Waals surface area (Å²) in [7, 11) is 0. The molecule has 96 valence electrons. The Kier molecular flexibility index (Phi) is 3.09. The molecule has 0 unspecified atom stereocenters. The quantitative estimate of drug-likeness (QED) is 0.787. The second-order valence-electron chi connectivity index (χ2n) is 5.56. The number of hydrogen-bond donors (Lipinski definition) is 1. The molecule has 2 N–H and O–H groups in total. The molecule has 0 spiro atoms. The molecule has 0 aliphatic heterocycles. The van der Waals surface area contributed by atoms with Gasteiger partial charge in [-0.2, -0.15) is 0 Å². The van der Waals surface area contributed by atoms with Gasteiger partial charge < -0.3 is 5.73 Å². The lowest BCUT2D eigenvalue weighted by molar-refractivity contribution is 0.571. The van der Waals surface area contributed by atoms with Crippen molar-refractivity contribution < 1.29 is 4.39 Å². The molecule has 0 radical (unpaired) electrons. The minimum absolute atomic E-state index is 0.0877. The van der Waals surface area contributed by atoms with E-state index in [2.05, 4.69) is 41.7 Å². The summed E-state index contributed by atoms with van der Waals surface area (Å²) in [4.78, 5) is 4.63. The number of pyridine rings is 1. The highest BCUT2D eigenvalue weighted by atomic mass is 79.9. The maximum Gasteiger partial charge on any atom is 0.138 e. The molecular formula is C14H16BrFN2. The number of hydrogen-bond acceptors (Lipinski definition) is 2. The Morgan fingerprint density at radius 1 is 1.28 bits per heavy atom. The van der Waals surface area contributed by atoms with E-state index in [4.69, 9.17) is 5.73 Å². The first-order valence-corrected chi connectivity index (χ1v) is 6.56. The molecule has 0 aliphatic carbocycles. The highest BCUT2D eigenvalue weighted by molar-refractivity contribution is 9.10. The number of nitrogen functional groups attached to an aromatic ring is 1. The van der Waals surface area contributed by atoms with E-state index in [0.717, 1.165) is 16.8 Å². The Hall–Kier alpha value is -1.16. The van der Waals surface area contributed by atoms with Crippen molar-refractivity contribution in [3.8, 4) is 0 Å². The Labute approximate surface area is 115 Å². The van der Waals surface area contributed by atoms with Crippen LogP contribution >= 0.6 is 15.9 Å². The SMILES string of the molecule is Cc1cc(F)c(Br)c2c(N)cc(C(C)(C)C)nc12. The highest BCUT2D eigenvalue weighted by Gasteiger charge is 2.20. The molecule has 0 bridgehead atoms. The van der Waals surface area contributed by atoms with Crippen molar-refractivity contribution in [2.45, 2.75) is 33.1 Å². The second kappa shape index (κ2) is 4.19. The van der Waals surface area contributed by atoms with Gasteiger partial charge in [0.1, 0.15) is 5.82 Å². The Balaban J connectivity index is 2.91. The summed E-state index contributed by atoms with van der Waals surface area (Å²) in [5.41, 5.74) is 8.99. The summed E-state index contributed by atoms with van der Waals surface area (Å²) in [6.45, 7) is 8.08. The molecule has 0 aliphatic rings. The van der Waals surface area contributed by atoms with Crippen LogP contribution in [0.5, 0.6) is 0 Å². The summed E-state index contributed by atoms with van der Waals surface area (Å²) in [5, 5.41) is 0.653. The van der Waals surface area contributed by atoms with Crippen molar-refractivity contribution in [2.75, 3.05) is 5.73 Å². The number of nitrogens with two attached hydrogens (primary N) is 1. The normalized spacial score (nSPS) is 12.1. The minimum Gasteiger partial charge on any atom is -0.398 e. The van der Waals surface area contributed by atoms with Crippen molar-refractivity contribution in [2.24, 2.45) is 0 Å². The lowest BCUT2D eigenvalue weighted by Crippen LogP contribution is -2.14. The van der Waals surface area contributed by atoms with E-state index in [-0.39, 0.29) is 11.2 Å². The number of anilines is 1. The van der Waals surface area contributed by atoms with E-state index in [1.807, 2.05) is 13.0 Å². The molecule has 2 aromatic rings. The van der Waals surface area contributed by atoms with Crippen LogP contribution in [0.2, 0.25) is 0 Å². The maximum absolute atomic E-state index is 13.7. The van der Waals surface area contributed by atoms with Crippen LogP contribution in [-0.4, -0.2) is 4.98 Å². The molecular weight excluding hydrogens is 295 g/mol. The number of aryl methyl sites for hydroxylation is 1. The van der Waals surface area contributed by atoms with E-state index < -0.39 is 0 Å². The molecule has 18 heavy (non-hydrogen) atoms. The molecule has 2 nitrogen and oxygen atoms in total. The fraction of sp³-hybridized carbons (Fsp3) is 0.357. The average Bonchev–Trinajstić information content (AvgIpc) is 2.24. The van der Waals surface area contributed by atoms with Crippen molar-refractivity contribution in [3.63, 3.8) is 0 Å². The predicted octanol–water partition coefficient (Wildman–Crippen LogP) is 4.32. The number of nitrogens with zero attached hydrogens (tertiary/aromatic N) is 1. The minimum atomic E-state index is -0.308. The molecule has 0 fully saturated rings. The molecule has 0 atom stereocenters. The predicted molar refractivity (Wildman–Crippen MR) is 77.3 cm³/mol. The average molecular weight is 311 g/mol. The number of halogens is 2. The van der Waals surface area contributed by atoms with Crippen molar-refractivity contribution in [3.05, 3.63) is 33.7 Å². The fourth-order valence-corrected chi connectivity index (χ4v) is 2.44. The zero-order chi connectivity index (χ0) is 13.7. The van der Waals surface area contributed by atoms with E-state index in [1.165, 1.54) is 6.07 Å². The summed E-state index contributed by atoms with van der Waals surface area (Å²) in [5.74, 6) is -0.308. The van der Waals surface area contributed by atoms with Crippen LogP contribution in [0.4, 0.5) is 10.1 Å². The zero-order valence-corrected chi connectivity index (χ0v) is 12.5. The maximum atomic E-state index is 13.7. The Morgan fingerprint density at radius 3 is 2.44 bits per heavy atom. The monoisotopic (exact) mass is 310 g/mol. The van der Waals surface area contributed by atoms with Gasteiger partial charge in [0.05, 0.1) is 9.99 Å². The van der Waals surface area contributed by atoms with Gasteiger partial charge in [0.25, 0.3) is 0 Å². The van der Waals surface area contributed by atoms with Gasteiger partial charge in [-0.25, -0.2) is 4.39 Å². The van der Waals surface area contributed by atoms with Crippen molar-refractivity contribution in [1.29, 1.82) is 0 Å². The van der Waals surface area contributed by atoms with Gasteiger partial charge in [0.2, 0.25) is 0 Å². The van der Waals surface area contributed by atoms with Crippen molar-refractivity contribution >= 4 is 32.5 Å². The smallest absolute Gasteiger partial charge is 0.138 e. The van der Waals surface area contributed by atoms with Gasteiger partial charge in [-0.15, -0.1) is 0 Å². The lowest BCUT2D eigenvalue weighted by Gasteiger charge is -2.20. The summed E-state index contributed by atoms with van der Waals surface area (Å²) >= 11 is 3.25. The first-order chi connectivity index (χ1) is 8.21. The Bertz CT molecular complexity index is 630. The molecule has 0 amide bonds. The molecule has 2 rings (SSSR count). The van der Waals surface area contributed by atoms with Crippen LogP contribution in [0, 0.1) is 12.7 Å². The van der Waals surface area contributed by atoms with Crippen LogP contribution in [0.3, 0.4) is 0 Å². The molecule has 1 heterocycles. The van der Waals surface area contributed by atoms with Crippen LogP contribution in [0.15, 0.2) is 16.6 Å². The van der Waals surface area contributed by atoms with Gasteiger partial charge in [-0.05, 0) is 40.5 Å². The van der Waals surface area contributed by atoms with Crippen molar-refractivity contribution in [1.82, 2.24) is 4.98 Å². The molecule has 0 saturated heterocycles. The third kappa shape index (κ3) is 2.09. The zero-order valence-electron chi connectivity index (χ0n) is 10.9. The number of rotatable bonds is 0. The second-order valence-corrected chi connectivity index (χ2v) is 6.35. The largest absolute Gasteiger partial charge is 0.398 e. The van der Waals surface area contributed by atoms with Gasteiger partial charge in [-0.1, -0.05) is 20.8 Å². The van der Waals surface area contributed by atoms with Crippen LogP contribution in [0.1, 0.15) is 32.0 Å². The first-order valence-electron chi connectivity index (χ1n) is 5.77. The third-order valence-electron chi connectivity index (χ3n) is 2.96. The number of aromatic nitrogens is 1. The van der Waals surface area contributed by atoms with Gasteiger partial charge in [0.15, 0.2) is 0 Å². The van der Waals surface area contributed by atoms with E-state index in [1.54, 1.807) is 0 Å². The van der Waals surface area contributed by atoms with Gasteiger partial charge >= 0.3 is 0 Å². The molecule has 0 saturated carbocycles. The summed E-state index contributed by atoms with van der Waals surface area (Å²) < 4.78 is 14.1. The van der Waals surface area contributed by atoms with Gasteiger partial charge in [0, 0.05) is 22.2 Å². The van der Waals surface area contributed by atoms with E-state index in [0.29, 0.717) is 15.5 Å². The van der Waals surface area contributed by atoms with Crippen LogP contribution in [-0.2, 0) is 5.41 Å². The van der Waals surface area contributed by atoms with E-state index in [9.17, 15) is 4.39 Å². The van der Waals surface area contributed by atoms with Crippen LogP contribution < -0.4 is 5.73 Å². The molecule has 1 aromatic carbocycles.